The fraction of sp³-hybridized carbons (Fsp3) is 0.0435. The Morgan fingerprint density at radius 1 is 1.11 bits per heavy atom. The summed E-state index contributed by atoms with van der Waals surface area (Å²) in [5.74, 6) is -0.453. The smallest absolute Gasteiger partial charge is 0.416 e. The van der Waals surface area contributed by atoms with Crippen molar-refractivity contribution in [3.63, 3.8) is 0 Å². The molecule has 36 heavy (non-hydrogen) atoms. The third kappa shape index (κ3) is 3.85. The zero-order valence-electron chi connectivity index (χ0n) is 18.1. The third-order valence-corrected chi connectivity index (χ3v) is 5.45. The van der Waals surface area contributed by atoms with Crippen LogP contribution in [0.1, 0.15) is 5.56 Å². The number of halogens is 4. The van der Waals surface area contributed by atoms with Gasteiger partial charge in [-0.3, -0.25) is 4.90 Å². The number of anilines is 3. The lowest BCUT2D eigenvalue weighted by Crippen LogP contribution is -2.32. The number of alkyl halides is 3. The van der Waals surface area contributed by atoms with E-state index in [0.29, 0.717) is 51.1 Å². The summed E-state index contributed by atoms with van der Waals surface area (Å²) in [5.41, 5.74) is 12.0. The van der Waals surface area contributed by atoms with E-state index in [1.807, 2.05) is 0 Å². The van der Waals surface area contributed by atoms with Crippen molar-refractivity contribution in [3.8, 4) is 22.5 Å². The standard InChI is InChI=1S/C23H15F4N7O2/c24-16-6-3-13(23(25,26)27)7-17(16)34(22(29)35)14-4-1-12(2-5-14)19-15(18-8-30-11-36-18)9-33-20(19)21(28)31-10-32-33/h1-11H,(H2,29,35)(H2,28,31,32). The van der Waals surface area contributed by atoms with E-state index in [1.54, 1.807) is 18.3 Å². The number of amides is 2. The molecule has 3 aromatic heterocycles. The first-order chi connectivity index (χ1) is 17.1. The van der Waals surface area contributed by atoms with E-state index in [4.69, 9.17) is 15.9 Å². The monoisotopic (exact) mass is 497 g/mol. The van der Waals surface area contributed by atoms with Gasteiger partial charge in [0.15, 0.2) is 18.0 Å². The van der Waals surface area contributed by atoms with Crippen molar-refractivity contribution in [2.24, 2.45) is 5.73 Å². The molecule has 0 saturated carbocycles. The number of nitrogen functional groups attached to an aromatic ring is 1. The highest BCUT2D eigenvalue weighted by atomic mass is 19.4. The minimum atomic E-state index is -4.74. The van der Waals surface area contributed by atoms with E-state index in [0.717, 1.165) is 0 Å². The summed E-state index contributed by atoms with van der Waals surface area (Å²) in [5, 5.41) is 4.17. The summed E-state index contributed by atoms with van der Waals surface area (Å²) >= 11 is 0. The minimum Gasteiger partial charge on any atom is -0.443 e. The van der Waals surface area contributed by atoms with Crippen LogP contribution >= 0.6 is 0 Å². The lowest BCUT2D eigenvalue weighted by atomic mass is 10.0. The largest absolute Gasteiger partial charge is 0.443 e. The molecule has 9 nitrogen and oxygen atoms in total. The van der Waals surface area contributed by atoms with Gasteiger partial charge in [-0.1, -0.05) is 12.1 Å². The van der Waals surface area contributed by atoms with E-state index in [9.17, 15) is 22.4 Å². The number of hydrogen-bond acceptors (Lipinski definition) is 6. The maximum absolute atomic E-state index is 14.5. The second-order valence-electron chi connectivity index (χ2n) is 7.61. The highest BCUT2D eigenvalue weighted by Gasteiger charge is 2.32. The van der Waals surface area contributed by atoms with Crippen LogP contribution in [-0.2, 0) is 6.18 Å². The zero-order valence-corrected chi connectivity index (χ0v) is 18.1. The molecule has 0 aliphatic heterocycles. The van der Waals surface area contributed by atoms with Crippen molar-refractivity contribution in [2.45, 2.75) is 6.18 Å². The molecular weight excluding hydrogens is 482 g/mol. The molecule has 0 bridgehead atoms. The molecule has 0 spiro atoms. The van der Waals surface area contributed by atoms with E-state index >= 15 is 0 Å². The Morgan fingerprint density at radius 3 is 2.50 bits per heavy atom. The number of hydrogen-bond donors (Lipinski definition) is 2. The molecule has 0 atom stereocenters. The molecule has 5 aromatic rings. The van der Waals surface area contributed by atoms with Crippen molar-refractivity contribution < 1.29 is 26.8 Å². The average molecular weight is 497 g/mol. The van der Waals surface area contributed by atoms with Gasteiger partial charge < -0.3 is 15.9 Å². The van der Waals surface area contributed by atoms with Crippen molar-refractivity contribution >= 4 is 28.7 Å². The lowest BCUT2D eigenvalue weighted by Gasteiger charge is -2.22. The molecule has 3 heterocycles. The molecule has 5 rings (SSSR count). The van der Waals surface area contributed by atoms with Gasteiger partial charge in [-0.2, -0.15) is 18.3 Å². The lowest BCUT2D eigenvalue weighted by molar-refractivity contribution is -0.137. The van der Waals surface area contributed by atoms with Gasteiger partial charge in [-0.25, -0.2) is 23.7 Å². The zero-order chi connectivity index (χ0) is 25.6. The predicted octanol–water partition coefficient (Wildman–Crippen LogP) is 5.01. The normalized spacial score (nSPS) is 11.7. The van der Waals surface area contributed by atoms with Crippen LogP contribution in [0.4, 0.5) is 39.5 Å². The summed E-state index contributed by atoms with van der Waals surface area (Å²) < 4.78 is 61.1. The quantitative estimate of drug-likeness (QED) is 0.336. The van der Waals surface area contributed by atoms with Crippen molar-refractivity contribution in [2.75, 3.05) is 10.6 Å². The summed E-state index contributed by atoms with van der Waals surface area (Å²) in [6, 6.07) is 6.52. The van der Waals surface area contributed by atoms with Gasteiger partial charge in [0.05, 0.1) is 23.1 Å². The molecule has 182 valence electrons. The second kappa shape index (κ2) is 8.37. The number of fused-ring (bicyclic) bond motifs is 1. The number of nitrogens with zero attached hydrogens (tertiary/aromatic N) is 5. The fourth-order valence-corrected chi connectivity index (χ4v) is 3.89. The van der Waals surface area contributed by atoms with E-state index in [-0.39, 0.29) is 11.5 Å². The maximum Gasteiger partial charge on any atom is 0.416 e. The molecule has 0 unspecified atom stereocenters. The average Bonchev–Trinajstić information content (AvgIpc) is 3.48. The highest BCUT2D eigenvalue weighted by molar-refractivity contribution is 6.00. The van der Waals surface area contributed by atoms with E-state index in [2.05, 4.69) is 15.1 Å². The van der Waals surface area contributed by atoms with Crippen LogP contribution in [0.3, 0.4) is 0 Å². The first kappa shape index (κ1) is 22.8. The highest BCUT2D eigenvalue weighted by Crippen LogP contribution is 2.40. The number of rotatable bonds is 4. The van der Waals surface area contributed by atoms with Crippen molar-refractivity contribution in [1.29, 1.82) is 0 Å². The molecule has 4 N–H and O–H groups in total. The molecule has 0 fully saturated rings. The van der Waals surface area contributed by atoms with Gasteiger partial charge >= 0.3 is 12.2 Å². The van der Waals surface area contributed by atoms with Gasteiger partial charge in [-0.05, 0) is 35.9 Å². The van der Waals surface area contributed by atoms with Gasteiger partial charge in [0.25, 0.3) is 0 Å². The molecule has 0 saturated heterocycles. The van der Waals surface area contributed by atoms with Crippen LogP contribution in [0, 0.1) is 5.82 Å². The number of nitrogens with two attached hydrogens (primary N) is 2. The molecule has 0 aliphatic carbocycles. The van der Waals surface area contributed by atoms with E-state index in [1.165, 1.54) is 35.6 Å². The summed E-state index contributed by atoms with van der Waals surface area (Å²) in [6.07, 6.45) is 0.971. The summed E-state index contributed by atoms with van der Waals surface area (Å²) in [7, 11) is 0. The van der Waals surface area contributed by atoms with E-state index < -0.39 is 29.3 Å². The molecule has 13 heteroatoms. The van der Waals surface area contributed by atoms with Crippen LogP contribution in [0.2, 0.25) is 0 Å². The van der Waals surface area contributed by atoms with Crippen molar-refractivity contribution in [1.82, 2.24) is 19.6 Å². The summed E-state index contributed by atoms with van der Waals surface area (Å²) in [4.78, 5) is 20.8. The van der Waals surface area contributed by atoms with Crippen LogP contribution in [0.15, 0.2) is 72.0 Å². The van der Waals surface area contributed by atoms with Crippen LogP contribution in [0.25, 0.3) is 28.0 Å². The van der Waals surface area contributed by atoms with Crippen LogP contribution in [0.5, 0.6) is 0 Å². The van der Waals surface area contributed by atoms with Gasteiger partial charge in [-0.15, -0.1) is 0 Å². The Kier molecular flexibility index (Phi) is 5.31. The number of oxazole rings is 1. The Hall–Kier alpha value is -4.94. The van der Waals surface area contributed by atoms with Crippen molar-refractivity contribution in [3.05, 3.63) is 79.0 Å². The van der Waals surface area contributed by atoms with Gasteiger partial charge in [0, 0.05) is 17.3 Å². The first-order valence-corrected chi connectivity index (χ1v) is 10.2. The SMILES string of the molecule is NC(=O)N(c1ccc(-c2c(-c3cnco3)cn3ncnc(N)c23)cc1)c1cc(C(F)(F)F)ccc1F. The number of urea groups is 1. The number of aromatic nitrogens is 4. The Labute approximate surface area is 199 Å². The predicted molar refractivity (Wildman–Crippen MR) is 121 cm³/mol. The fourth-order valence-electron chi connectivity index (χ4n) is 3.89. The maximum atomic E-state index is 14.5. The van der Waals surface area contributed by atoms with Gasteiger partial charge in [0.2, 0.25) is 0 Å². The second-order valence-corrected chi connectivity index (χ2v) is 7.61. The first-order valence-electron chi connectivity index (χ1n) is 10.2. The van der Waals surface area contributed by atoms with Gasteiger partial charge in [0.1, 0.15) is 17.7 Å². The third-order valence-electron chi connectivity index (χ3n) is 5.45. The minimum absolute atomic E-state index is 0.0402. The molecule has 0 radical (unpaired) electrons. The molecular formula is C23H15F4N7O2. The van der Waals surface area contributed by atoms with Crippen LogP contribution in [-0.4, -0.2) is 25.6 Å². The Bertz CT molecular complexity index is 1580. The molecule has 0 aliphatic rings. The molecule has 2 aromatic carbocycles. The number of carbonyl (C=O) groups excluding carboxylic acids is 1. The topological polar surface area (TPSA) is 129 Å². The Balaban J connectivity index is 1.63. The number of carbonyl (C=O) groups is 1. The van der Waals surface area contributed by atoms with Crippen LogP contribution < -0.4 is 16.4 Å². The Morgan fingerprint density at radius 2 is 1.86 bits per heavy atom. The summed E-state index contributed by atoms with van der Waals surface area (Å²) in [6.45, 7) is 0. The number of benzene rings is 2. The molecule has 2 amide bonds. The number of primary amides is 1.